The SMILES string of the molecule is CC(C)(C(=O)NCc1ccc(Cl)c(C(=O)Nc2ccc(/C=C/C(F)F)c(C(=O)NCc3cccc(C(F)(F)F)c3)c2)c1)C(F)(F)F. The van der Waals surface area contributed by atoms with Crippen molar-refractivity contribution in [1.29, 1.82) is 0 Å². The summed E-state index contributed by atoms with van der Waals surface area (Å²) in [6, 6.07) is 11.8. The molecule has 0 atom stereocenters. The summed E-state index contributed by atoms with van der Waals surface area (Å²) in [6.45, 7) is 0.739. The molecule has 0 aliphatic rings. The zero-order valence-electron chi connectivity index (χ0n) is 24.0. The smallest absolute Gasteiger partial charge is 0.351 e. The molecule has 46 heavy (non-hydrogen) atoms. The van der Waals surface area contributed by atoms with Crippen LogP contribution < -0.4 is 16.0 Å². The van der Waals surface area contributed by atoms with E-state index in [1.807, 2.05) is 0 Å². The molecule has 0 aliphatic carbocycles. The van der Waals surface area contributed by atoms with Crippen LogP contribution in [0.15, 0.2) is 66.7 Å². The Morgan fingerprint density at radius 3 is 2.09 bits per heavy atom. The molecule has 0 radical (unpaired) electrons. The van der Waals surface area contributed by atoms with Crippen LogP contribution in [0, 0.1) is 5.41 Å². The maximum Gasteiger partial charge on any atom is 0.416 e. The third-order valence-corrected chi connectivity index (χ3v) is 7.02. The molecule has 0 saturated carbocycles. The summed E-state index contributed by atoms with van der Waals surface area (Å²) in [6.07, 6.45) is -10.8. The molecule has 3 rings (SSSR count). The summed E-state index contributed by atoms with van der Waals surface area (Å²) in [5.74, 6) is -2.96. The normalized spacial score (nSPS) is 12.3. The lowest BCUT2D eigenvalue weighted by molar-refractivity contribution is -0.211. The van der Waals surface area contributed by atoms with Crippen molar-refractivity contribution in [2.45, 2.75) is 45.7 Å². The standard InChI is InChI=1S/C31H26ClF8N3O3/c1-29(2,31(38,39)40)28(46)42-16-18-6-10-24(32)23(13-18)27(45)43-21-9-7-19(8-11-25(33)34)22(14-21)26(44)41-15-17-4-3-5-20(12-17)30(35,36)37/h3-14,25H,15-16H2,1-2H3,(H,41,44)(H,42,46)(H,43,45)/b11-8+. The number of benzene rings is 3. The van der Waals surface area contributed by atoms with Gasteiger partial charge in [0.05, 0.1) is 16.1 Å². The summed E-state index contributed by atoms with van der Waals surface area (Å²) in [5, 5.41) is 7.02. The number of alkyl halides is 8. The number of anilines is 1. The summed E-state index contributed by atoms with van der Waals surface area (Å²) in [5.41, 5.74) is -3.57. The van der Waals surface area contributed by atoms with Crippen LogP contribution in [0.5, 0.6) is 0 Å². The van der Waals surface area contributed by atoms with Gasteiger partial charge in [0, 0.05) is 24.3 Å². The fourth-order valence-corrected chi connectivity index (χ4v) is 4.08. The molecule has 3 aromatic carbocycles. The Kier molecular flexibility index (Phi) is 11.2. The molecular weight excluding hydrogens is 650 g/mol. The minimum Gasteiger partial charge on any atom is -0.351 e. The van der Waals surface area contributed by atoms with Crippen LogP contribution in [0.4, 0.5) is 40.8 Å². The van der Waals surface area contributed by atoms with E-state index in [1.54, 1.807) is 0 Å². The number of rotatable bonds is 10. The Morgan fingerprint density at radius 2 is 1.46 bits per heavy atom. The van der Waals surface area contributed by atoms with Crippen LogP contribution in [0.25, 0.3) is 6.08 Å². The lowest BCUT2D eigenvalue weighted by Gasteiger charge is -2.26. The van der Waals surface area contributed by atoms with Gasteiger partial charge in [-0.2, -0.15) is 26.3 Å². The minimum atomic E-state index is -4.80. The van der Waals surface area contributed by atoms with Crippen molar-refractivity contribution in [3.63, 3.8) is 0 Å². The van der Waals surface area contributed by atoms with E-state index in [9.17, 15) is 49.5 Å². The summed E-state index contributed by atoms with van der Waals surface area (Å²) in [4.78, 5) is 38.3. The molecule has 246 valence electrons. The van der Waals surface area contributed by atoms with Gasteiger partial charge in [-0.25, -0.2) is 8.78 Å². The molecule has 0 aliphatic heterocycles. The van der Waals surface area contributed by atoms with E-state index in [2.05, 4.69) is 16.0 Å². The highest BCUT2D eigenvalue weighted by atomic mass is 35.5. The molecule has 15 heteroatoms. The van der Waals surface area contributed by atoms with Gasteiger partial charge in [0.2, 0.25) is 5.91 Å². The Morgan fingerprint density at radius 1 is 0.804 bits per heavy atom. The molecule has 0 spiro atoms. The lowest BCUT2D eigenvalue weighted by Crippen LogP contribution is -2.46. The molecule has 3 aromatic rings. The first-order valence-electron chi connectivity index (χ1n) is 13.3. The molecule has 3 N–H and O–H groups in total. The van der Waals surface area contributed by atoms with Crippen molar-refractivity contribution in [2.24, 2.45) is 5.41 Å². The van der Waals surface area contributed by atoms with E-state index >= 15 is 0 Å². The molecule has 0 unspecified atom stereocenters. The van der Waals surface area contributed by atoms with Crippen molar-refractivity contribution < 1.29 is 49.5 Å². The third kappa shape index (κ3) is 9.28. The Hall–Kier alpha value is -4.46. The van der Waals surface area contributed by atoms with Gasteiger partial charge in [-0.3, -0.25) is 14.4 Å². The van der Waals surface area contributed by atoms with Crippen LogP contribution in [-0.2, 0) is 24.1 Å². The highest BCUT2D eigenvalue weighted by molar-refractivity contribution is 6.34. The van der Waals surface area contributed by atoms with Crippen LogP contribution in [0.1, 0.15) is 56.8 Å². The van der Waals surface area contributed by atoms with Gasteiger partial charge in [0.1, 0.15) is 5.41 Å². The molecule has 0 heterocycles. The molecule has 6 nitrogen and oxygen atoms in total. The van der Waals surface area contributed by atoms with Crippen LogP contribution in [0.2, 0.25) is 5.02 Å². The number of nitrogens with one attached hydrogen (secondary N) is 3. The maximum atomic E-state index is 13.2. The van der Waals surface area contributed by atoms with Gasteiger partial charge >= 0.3 is 12.4 Å². The zero-order chi connectivity index (χ0) is 34.4. The molecule has 0 bridgehead atoms. The molecule has 3 amide bonds. The molecule has 0 fully saturated rings. The first-order chi connectivity index (χ1) is 21.3. The van der Waals surface area contributed by atoms with Crippen molar-refractivity contribution >= 4 is 41.1 Å². The lowest BCUT2D eigenvalue weighted by atomic mass is 9.91. The van der Waals surface area contributed by atoms with E-state index in [1.165, 1.54) is 36.4 Å². The van der Waals surface area contributed by atoms with Gasteiger partial charge in [-0.1, -0.05) is 41.9 Å². The van der Waals surface area contributed by atoms with Gasteiger partial charge in [-0.05, 0) is 73.0 Å². The van der Waals surface area contributed by atoms with Gasteiger partial charge in [0.15, 0.2) is 0 Å². The molecule has 0 saturated heterocycles. The topological polar surface area (TPSA) is 87.3 Å². The number of allylic oxidation sites excluding steroid dienone is 1. The van der Waals surface area contributed by atoms with Crippen LogP contribution in [-0.4, -0.2) is 30.3 Å². The molecule has 0 aromatic heterocycles. The van der Waals surface area contributed by atoms with Crippen molar-refractivity contribution in [2.75, 3.05) is 5.32 Å². The fourth-order valence-electron chi connectivity index (χ4n) is 3.87. The van der Waals surface area contributed by atoms with Crippen molar-refractivity contribution in [3.8, 4) is 0 Å². The first kappa shape index (κ1) is 36.0. The van der Waals surface area contributed by atoms with E-state index < -0.39 is 47.5 Å². The third-order valence-electron chi connectivity index (χ3n) is 6.69. The number of carbonyl (C=O) groups excluding carboxylic acids is 3. The predicted molar refractivity (Wildman–Crippen MR) is 155 cm³/mol. The highest BCUT2D eigenvalue weighted by Crippen LogP contribution is 2.37. The minimum absolute atomic E-state index is 0.00474. The number of halogens is 9. The van der Waals surface area contributed by atoms with Gasteiger partial charge in [0.25, 0.3) is 18.2 Å². The van der Waals surface area contributed by atoms with Crippen molar-refractivity contribution in [1.82, 2.24) is 10.6 Å². The first-order valence-corrected chi connectivity index (χ1v) is 13.7. The Labute approximate surface area is 262 Å². The second kappa shape index (κ2) is 14.3. The van der Waals surface area contributed by atoms with E-state index in [-0.39, 0.29) is 51.6 Å². The fraction of sp³-hybridized carbons (Fsp3) is 0.258. The van der Waals surface area contributed by atoms with E-state index in [0.717, 1.165) is 44.2 Å². The second-order valence-corrected chi connectivity index (χ2v) is 10.9. The van der Waals surface area contributed by atoms with Crippen LogP contribution in [0.3, 0.4) is 0 Å². The summed E-state index contributed by atoms with van der Waals surface area (Å²) >= 11 is 6.16. The Balaban J connectivity index is 1.81. The average Bonchev–Trinajstić information content (AvgIpc) is 2.97. The maximum absolute atomic E-state index is 13.2. The second-order valence-electron chi connectivity index (χ2n) is 10.5. The Bertz CT molecular complexity index is 1640. The largest absolute Gasteiger partial charge is 0.416 e. The highest BCUT2D eigenvalue weighted by Gasteiger charge is 2.52. The van der Waals surface area contributed by atoms with Gasteiger partial charge < -0.3 is 16.0 Å². The van der Waals surface area contributed by atoms with E-state index in [0.29, 0.717) is 6.08 Å². The molecular formula is C31H26ClF8N3O3. The number of hydrogen-bond donors (Lipinski definition) is 3. The van der Waals surface area contributed by atoms with E-state index in [4.69, 9.17) is 11.6 Å². The zero-order valence-corrected chi connectivity index (χ0v) is 24.8. The monoisotopic (exact) mass is 675 g/mol. The summed E-state index contributed by atoms with van der Waals surface area (Å²) in [7, 11) is 0. The number of hydrogen-bond acceptors (Lipinski definition) is 3. The number of carbonyl (C=O) groups is 3. The quantitative estimate of drug-likeness (QED) is 0.190. The summed E-state index contributed by atoms with van der Waals surface area (Å²) < 4.78 is 104. The van der Waals surface area contributed by atoms with Crippen LogP contribution >= 0.6 is 11.6 Å². The average molecular weight is 676 g/mol. The number of amides is 3. The predicted octanol–water partition coefficient (Wildman–Crippen LogP) is 8.02. The van der Waals surface area contributed by atoms with Crippen molar-refractivity contribution in [3.05, 3.63) is 105 Å². The van der Waals surface area contributed by atoms with Gasteiger partial charge in [-0.15, -0.1) is 0 Å².